The summed E-state index contributed by atoms with van der Waals surface area (Å²) in [5, 5.41) is 0. The van der Waals surface area contributed by atoms with E-state index in [9.17, 15) is 9.59 Å². The first-order valence-electron chi connectivity index (χ1n) is 7.87. The van der Waals surface area contributed by atoms with Crippen molar-refractivity contribution < 1.29 is 23.8 Å². The van der Waals surface area contributed by atoms with Gasteiger partial charge >= 0.3 is 5.97 Å². The molecule has 4 bridgehead atoms. The van der Waals surface area contributed by atoms with Gasteiger partial charge in [-0.3, -0.25) is 9.59 Å². The highest BCUT2D eigenvalue weighted by atomic mass is 16.7. The first kappa shape index (κ1) is 12.6. The standard InChI is InChI=1S/C16H20O5/c1-13-3-4-15(20-5-6-21-15)7-14(13)8-16(12(18)19-2)9(10(13)16)11(14)17/h9-10H,3-8H2,1-2H3/t9?,10?,13-,14?,16-/m1/s1. The van der Waals surface area contributed by atoms with Crippen molar-refractivity contribution in [3.05, 3.63) is 0 Å². The number of ketones is 1. The van der Waals surface area contributed by atoms with Crippen LogP contribution in [0.1, 0.15) is 32.6 Å². The van der Waals surface area contributed by atoms with Gasteiger partial charge in [-0.15, -0.1) is 0 Å². The fourth-order valence-electron chi connectivity index (χ4n) is 6.65. The maximum absolute atomic E-state index is 13.0. The molecule has 1 aliphatic heterocycles. The van der Waals surface area contributed by atoms with Crippen LogP contribution in [-0.2, 0) is 23.8 Å². The molecule has 0 radical (unpaired) electrons. The predicted molar refractivity (Wildman–Crippen MR) is 70.1 cm³/mol. The zero-order valence-electron chi connectivity index (χ0n) is 12.4. The SMILES string of the molecule is COC(=O)[C@@]12CC34CC5(CC[C@]3(C)C1C2C4=O)OCCO5. The maximum atomic E-state index is 13.0. The number of esters is 1. The second kappa shape index (κ2) is 3.20. The third kappa shape index (κ3) is 1.01. The lowest BCUT2D eigenvalue weighted by molar-refractivity contribution is -0.219. The summed E-state index contributed by atoms with van der Waals surface area (Å²) >= 11 is 0. The van der Waals surface area contributed by atoms with Crippen molar-refractivity contribution in [2.75, 3.05) is 20.3 Å². The largest absolute Gasteiger partial charge is 0.469 e. The van der Waals surface area contributed by atoms with Gasteiger partial charge in [0.15, 0.2) is 5.79 Å². The molecule has 6 rings (SSSR count). The lowest BCUT2D eigenvalue weighted by atomic mass is 9.58. The van der Waals surface area contributed by atoms with Crippen LogP contribution in [0.3, 0.4) is 0 Å². The zero-order chi connectivity index (χ0) is 14.7. The van der Waals surface area contributed by atoms with Crippen molar-refractivity contribution in [3.8, 4) is 0 Å². The summed E-state index contributed by atoms with van der Waals surface area (Å²) in [6, 6.07) is 0. The van der Waals surface area contributed by atoms with E-state index in [4.69, 9.17) is 14.2 Å². The van der Waals surface area contributed by atoms with Gasteiger partial charge in [0.25, 0.3) is 0 Å². The van der Waals surface area contributed by atoms with Gasteiger partial charge in [-0.2, -0.15) is 0 Å². The van der Waals surface area contributed by atoms with Gasteiger partial charge in [0, 0.05) is 24.2 Å². The molecule has 1 heterocycles. The molecule has 5 aliphatic carbocycles. The van der Waals surface area contributed by atoms with E-state index in [0.717, 1.165) is 12.8 Å². The summed E-state index contributed by atoms with van der Waals surface area (Å²) in [6.07, 6.45) is 3.00. The van der Waals surface area contributed by atoms with Crippen LogP contribution in [0, 0.1) is 28.1 Å². The van der Waals surface area contributed by atoms with Crippen LogP contribution >= 0.6 is 0 Å². The van der Waals surface area contributed by atoms with Crippen LogP contribution in [-0.4, -0.2) is 37.9 Å². The molecule has 5 nitrogen and oxygen atoms in total. The Morgan fingerprint density at radius 1 is 1.24 bits per heavy atom. The first-order chi connectivity index (χ1) is 9.96. The highest BCUT2D eigenvalue weighted by Gasteiger charge is 2.96. The maximum Gasteiger partial charge on any atom is 0.312 e. The monoisotopic (exact) mass is 292 g/mol. The second-order valence-electron chi connectivity index (χ2n) is 7.81. The number of carbonyl (C=O) groups is 2. The van der Waals surface area contributed by atoms with Crippen molar-refractivity contribution in [3.63, 3.8) is 0 Å². The van der Waals surface area contributed by atoms with Crippen molar-refractivity contribution in [1.82, 2.24) is 0 Å². The second-order valence-corrected chi connectivity index (χ2v) is 7.81. The van der Waals surface area contributed by atoms with Gasteiger partial charge in [0.2, 0.25) is 0 Å². The Balaban J connectivity index is 1.61. The van der Waals surface area contributed by atoms with E-state index in [2.05, 4.69) is 6.92 Å². The van der Waals surface area contributed by atoms with Crippen LogP contribution in [0.15, 0.2) is 0 Å². The summed E-state index contributed by atoms with van der Waals surface area (Å²) < 4.78 is 16.8. The average Bonchev–Trinajstić information content (AvgIpc) is 2.73. The number of ether oxygens (including phenoxy) is 3. The summed E-state index contributed by atoms with van der Waals surface area (Å²) in [5.74, 6) is -0.403. The van der Waals surface area contributed by atoms with Crippen molar-refractivity contribution in [2.45, 2.75) is 38.4 Å². The lowest BCUT2D eigenvalue weighted by Crippen LogP contribution is -2.51. The third-order valence-electron chi connectivity index (χ3n) is 7.44. The number of methoxy groups -OCH3 is 1. The fourth-order valence-corrected chi connectivity index (χ4v) is 6.65. The Hall–Kier alpha value is -0.940. The Morgan fingerprint density at radius 3 is 2.62 bits per heavy atom. The van der Waals surface area contributed by atoms with Crippen LogP contribution < -0.4 is 0 Å². The predicted octanol–water partition coefficient (Wildman–Crippen LogP) is 1.30. The number of rotatable bonds is 1. The van der Waals surface area contributed by atoms with Gasteiger partial charge < -0.3 is 14.2 Å². The summed E-state index contributed by atoms with van der Waals surface area (Å²) in [5.41, 5.74) is -1.03. The molecular weight excluding hydrogens is 272 g/mol. The molecule has 0 aromatic rings. The fraction of sp³-hybridized carbons (Fsp3) is 0.875. The van der Waals surface area contributed by atoms with Crippen molar-refractivity contribution in [2.24, 2.45) is 28.1 Å². The first-order valence-corrected chi connectivity index (χ1v) is 7.87. The minimum atomic E-state index is -0.578. The number of hydrogen-bond donors (Lipinski definition) is 0. The molecule has 0 amide bonds. The molecule has 5 atom stereocenters. The molecule has 114 valence electrons. The number of carbonyl (C=O) groups excluding carboxylic acids is 2. The van der Waals surface area contributed by atoms with E-state index >= 15 is 0 Å². The van der Waals surface area contributed by atoms with E-state index in [1.54, 1.807) is 0 Å². The third-order valence-corrected chi connectivity index (χ3v) is 7.44. The van der Waals surface area contributed by atoms with Gasteiger partial charge in [0.05, 0.1) is 25.7 Å². The summed E-state index contributed by atoms with van der Waals surface area (Å²) in [4.78, 5) is 25.3. The molecule has 0 aromatic heterocycles. The molecular formula is C16H20O5. The smallest absolute Gasteiger partial charge is 0.312 e. The Bertz CT molecular complexity index is 579. The molecule has 3 unspecified atom stereocenters. The number of Topliss-reactive ketones (excluding diaryl/α,β-unsaturated/α-hetero) is 1. The average molecular weight is 292 g/mol. The van der Waals surface area contributed by atoms with Gasteiger partial charge in [0.1, 0.15) is 5.78 Å². The zero-order valence-corrected chi connectivity index (χ0v) is 12.4. The molecule has 0 N–H and O–H groups in total. The van der Waals surface area contributed by atoms with Crippen LogP contribution in [0.4, 0.5) is 0 Å². The van der Waals surface area contributed by atoms with E-state index < -0.39 is 16.6 Å². The van der Waals surface area contributed by atoms with E-state index in [-0.39, 0.29) is 29.0 Å². The quantitative estimate of drug-likeness (QED) is 0.682. The Kier molecular flexibility index (Phi) is 1.92. The van der Waals surface area contributed by atoms with Gasteiger partial charge in [-0.1, -0.05) is 6.92 Å². The summed E-state index contributed by atoms with van der Waals surface area (Å²) in [7, 11) is 1.43. The van der Waals surface area contributed by atoms with Crippen LogP contribution in [0.25, 0.3) is 0 Å². The highest BCUT2D eigenvalue weighted by molar-refractivity contribution is 6.07. The molecule has 6 aliphatic rings. The van der Waals surface area contributed by atoms with Crippen LogP contribution in [0.2, 0.25) is 0 Å². The van der Waals surface area contributed by atoms with E-state index in [1.165, 1.54) is 7.11 Å². The summed E-state index contributed by atoms with van der Waals surface area (Å²) in [6.45, 7) is 3.42. The van der Waals surface area contributed by atoms with Crippen LogP contribution in [0.5, 0.6) is 0 Å². The molecule has 5 heteroatoms. The minimum absolute atomic E-state index is 0.0799. The molecule has 5 saturated carbocycles. The molecule has 6 fully saturated rings. The Morgan fingerprint density at radius 2 is 1.95 bits per heavy atom. The minimum Gasteiger partial charge on any atom is -0.469 e. The van der Waals surface area contributed by atoms with Gasteiger partial charge in [-0.25, -0.2) is 0 Å². The topological polar surface area (TPSA) is 61.8 Å². The number of hydrogen-bond acceptors (Lipinski definition) is 5. The molecule has 21 heavy (non-hydrogen) atoms. The highest BCUT2D eigenvalue weighted by Crippen LogP contribution is 2.91. The lowest BCUT2D eigenvalue weighted by Gasteiger charge is -2.49. The Labute approximate surface area is 123 Å². The van der Waals surface area contributed by atoms with E-state index in [1.807, 2.05) is 0 Å². The normalized spacial score (nSPS) is 54.9. The van der Waals surface area contributed by atoms with Gasteiger partial charge in [-0.05, 0) is 24.2 Å². The molecule has 0 aromatic carbocycles. The van der Waals surface area contributed by atoms with Crippen molar-refractivity contribution >= 4 is 11.8 Å². The molecule has 1 saturated heterocycles. The van der Waals surface area contributed by atoms with Crippen molar-refractivity contribution in [1.29, 1.82) is 0 Å². The molecule has 2 spiro atoms. The van der Waals surface area contributed by atoms with E-state index in [0.29, 0.717) is 26.1 Å².